The third kappa shape index (κ3) is 6.84. The number of rotatable bonds is 6. The summed E-state index contributed by atoms with van der Waals surface area (Å²) in [6, 6.07) is 14.2. The number of amides is 1. The van der Waals surface area contributed by atoms with Crippen molar-refractivity contribution in [2.45, 2.75) is 13.1 Å². The zero-order chi connectivity index (χ0) is 18.9. The molecule has 0 fully saturated rings. The summed E-state index contributed by atoms with van der Waals surface area (Å²) in [6.45, 7) is 0.990. The van der Waals surface area contributed by atoms with Crippen LogP contribution >= 0.6 is 15.9 Å². The van der Waals surface area contributed by atoms with Crippen molar-refractivity contribution in [3.05, 3.63) is 69.9 Å². The maximum atomic E-state index is 13.3. The summed E-state index contributed by atoms with van der Waals surface area (Å²) in [7, 11) is 3.39. The monoisotopic (exact) mass is 420 g/mol. The van der Waals surface area contributed by atoms with Gasteiger partial charge in [0.05, 0.1) is 13.1 Å². The third-order valence-corrected chi connectivity index (χ3v) is 4.12. The van der Waals surface area contributed by atoms with Crippen molar-refractivity contribution >= 4 is 27.8 Å². The molecule has 1 amide bonds. The van der Waals surface area contributed by atoms with Crippen LogP contribution < -0.4 is 10.6 Å². The van der Waals surface area contributed by atoms with E-state index in [1.165, 1.54) is 17.0 Å². The van der Waals surface area contributed by atoms with Crippen LogP contribution in [0, 0.1) is 5.82 Å². The first kappa shape index (κ1) is 19.9. The van der Waals surface area contributed by atoms with Gasteiger partial charge >= 0.3 is 0 Å². The molecule has 2 aromatic rings. The molecule has 2 rings (SSSR count). The lowest BCUT2D eigenvalue weighted by Crippen LogP contribution is -2.42. The fourth-order valence-corrected chi connectivity index (χ4v) is 2.35. The van der Waals surface area contributed by atoms with Crippen molar-refractivity contribution in [3.8, 4) is 0 Å². The van der Waals surface area contributed by atoms with Crippen LogP contribution in [0.2, 0.25) is 0 Å². The second-order valence-electron chi connectivity index (χ2n) is 5.92. The first-order valence-electron chi connectivity index (χ1n) is 8.15. The van der Waals surface area contributed by atoms with Crippen molar-refractivity contribution in [1.29, 1.82) is 0 Å². The Balaban J connectivity index is 2.03. The summed E-state index contributed by atoms with van der Waals surface area (Å²) in [5.74, 6) is 0.138. The average Bonchev–Trinajstić information content (AvgIpc) is 2.62. The van der Waals surface area contributed by atoms with E-state index in [1.807, 2.05) is 30.3 Å². The molecule has 0 aliphatic rings. The first-order chi connectivity index (χ1) is 12.4. The van der Waals surface area contributed by atoms with Crippen molar-refractivity contribution < 1.29 is 9.18 Å². The molecule has 138 valence electrons. The highest BCUT2D eigenvalue weighted by Crippen LogP contribution is 2.10. The lowest BCUT2D eigenvalue weighted by atomic mass is 10.2. The molecule has 5 nitrogen and oxygen atoms in total. The van der Waals surface area contributed by atoms with E-state index in [2.05, 4.69) is 31.6 Å². The minimum atomic E-state index is -0.294. The number of guanidine groups is 1. The maximum absolute atomic E-state index is 13.3. The van der Waals surface area contributed by atoms with E-state index in [0.717, 1.165) is 15.6 Å². The number of carbonyl (C=O) groups excluding carboxylic acids is 1. The third-order valence-electron chi connectivity index (χ3n) is 3.59. The normalized spacial score (nSPS) is 11.2. The number of likely N-dealkylation sites (N-methyl/N-ethyl adjacent to an activating group) is 1. The zero-order valence-corrected chi connectivity index (χ0v) is 16.4. The fraction of sp³-hybridized carbons (Fsp3) is 0.263. The maximum Gasteiger partial charge on any atom is 0.241 e. The fourth-order valence-electron chi connectivity index (χ4n) is 2.09. The van der Waals surface area contributed by atoms with Gasteiger partial charge in [0, 0.05) is 25.1 Å². The molecular weight excluding hydrogens is 399 g/mol. The summed E-state index contributed by atoms with van der Waals surface area (Å²) < 4.78 is 14.3. The molecule has 0 atom stereocenters. The lowest BCUT2D eigenvalue weighted by molar-refractivity contribution is -0.127. The van der Waals surface area contributed by atoms with E-state index in [9.17, 15) is 9.18 Å². The molecule has 0 aromatic heterocycles. The largest absolute Gasteiger partial charge is 0.352 e. The Hall–Kier alpha value is -2.41. The molecule has 0 saturated carbocycles. The van der Waals surface area contributed by atoms with Gasteiger partial charge in [0.25, 0.3) is 0 Å². The van der Waals surface area contributed by atoms with E-state index < -0.39 is 0 Å². The van der Waals surface area contributed by atoms with E-state index in [1.54, 1.807) is 20.2 Å². The molecular formula is C19H22BrFN4O. The predicted octanol–water partition coefficient (Wildman–Crippen LogP) is 2.91. The van der Waals surface area contributed by atoms with Crippen LogP contribution in [0.15, 0.2) is 58.0 Å². The van der Waals surface area contributed by atoms with Crippen molar-refractivity contribution in [2.75, 3.05) is 20.6 Å². The molecule has 0 bridgehead atoms. The number of nitrogens with one attached hydrogen (secondary N) is 2. The summed E-state index contributed by atoms with van der Waals surface area (Å²) in [5, 5.41) is 6.21. The highest BCUT2D eigenvalue weighted by Gasteiger charge is 2.06. The van der Waals surface area contributed by atoms with Crippen molar-refractivity contribution in [2.24, 2.45) is 4.99 Å². The average molecular weight is 421 g/mol. The molecule has 0 radical (unpaired) electrons. The summed E-state index contributed by atoms with van der Waals surface area (Å²) >= 11 is 3.41. The van der Waals surface area contributed by atoms with Gasteiger partial charge in [-0.05, 0) is 35.4 Å². The molecule has 0 spiro atoms. The summed E-state index contributed by atoms with van der Waals surface area (Å²) in [6.07, 6.45) is 0. The minimum Gasteiger partial charge on any atom is -0.352 e. The second-order valence-corrected chi connectivity index (χ2v) is 6.83. The molecule has 0 heterocycles. The molecule has 0 unspecified atom stereocenters. The van der Waals surface area contributed by atoms with Crippen LogP contribution in [-0.4, -0.2) is 37.4 Å². The molecule has 0 saturated heterocycles. The Morgan fingerprint density at radius 3 is 2.50 bits per heavy atom. The number of hydrogen-bond acceptors (Lipinski definition) is 2. The quantitative estimate of drug-likeness (QED) is 0.557. The van der Waals surface area contributed by atoms with Gasteiger partial charge < -0.3 is 15.5 Å². The van der Waals surface area contributed by atoms with Crippen LogP contribution in [-0.2, 0) is 17.9 Å². The van der Waals surface area contributed by atoms with E-state index in [0.29, 0.717) is 19.0 Å². The molecule has 7 heteroatoms. The summed E-state index contributed by atoms with van der Waals surface area (Å²) in [4.78, 5) is 17.8. The Morgan fingerprint density at radius 1 is 1.12 bits per heavy atom. The van der Waals surface area contributed by atoms with Crippen LogP contribution in [0.5, 0.6) is 0 Å². The van der Waals surface area contributed by atoms with Crippen molar-refractivity contribution in [3.63, 3.8) is 0 Å². The molecule has 0 aliphatic carbocycles. The van der Waals surface area contributed by atoms with Gasteiger partial charge in [-0.15, -0.1) is 0 Å². The van der Waals surface area contributed by atoms with Gasteiger partial charge in [-0.3, -0.25) is 4.79 Å². The van der Waals surface area contributed by atoms with Gasteiger partial charge in [-0.1, -0.05) is 40.2 Å². The Labute approximate surface area is 161 Å². The number of carbonyl (C=O) groups is 1. The van der Waals surface area contributed by atoms with E-state index in [-0.39, 0.29) is 18.3 Å². The highest BCUT2D eigenvalue weighted by atomic mass is 79.9. The topological polar surface area (TPSA) is 56.7 Å². The Morgan fingerprint density at radius 2 is 1.85 bits per heavy atom. The SMILES string of the molecule is CN(C)C(=O)CNC(=NCc1cccc(F)c1)NCc1ccc(Br)cc1. The standard InChI is InChI=1S/C19H22BrFN4O/c1-25(2)18(26)13-24-19(22-11-14-6-8-16(20)9-7-14)23-12-15-4-3-5-17(21)10-15/h3-10H,11-13H2,1-2H3,(H2,22,23,24). The van der Waals surface area contributed by atoms with Gasteiger partial charge in [-0.25, -0.2) is 9.38 Å². The number of hydrogen-bond donors (Lipinski definition) is 2. The highest BCUT2D eigenvalue weighted by molar-refractivity contribution is 9.10. The van der Waals surface area contributed by atoms with Crippen molar-refractivity contribution in [1.82, 2.24) is 15.5 Å². The minimum absolute atomic E-state index is 0.0612. The van der Waals surface area contributed by atoms with Crippen LogP contribution in [0.1, 0.15) is 11.1 Å². The van der Waals surface area contributed by atoms with Gasteiger partial charge in [-0.2, -0.15) is 0 Å². The number of benzene rings is 2. The second kappa shape index (κ2) is 9.91. The molecule has 0 aliphatic heterocycles. The molecule has 2 N–H and O–H groups in total. The first-order valence-corrected chi connectivity index (χ1v) is 8.94. The van der Waals surface area contributed by atoms with E-state index in [4.69, 9.17) is 0 Å². The predicted molar refractivity (Wildman–Crippen MR) is 105 cm³/mol. The zero-order valence-electron chi connectivity index (χ0n) is 14.8. The van der Waals surface area contributed by atoms with Crippen LogP contribution in [0.3, 0.4) is 0 Å². The van der Waals surface area contributed by atoms with E-state index >= 15 is 0 Å². The lowest BCUT2D eigenvalue weighted by Gasteiger charge is -2.15. The van der Waals surface area contributed by atoms with Gasteiger partial charge in [0.2, 0.25) is 5.91 Å². The Kier molecular flexibility index (Phi) is 7.59. The summed E-state index contributed by atoms with van der Waals surface area (Å²) in [5.41, 5.74) is 1.83. The molecule has 2 aromatic carbocycles. The number of halogens is 2. The van der Waals surface area contributed by atoms with Gasteiger partial charge in [0.15, 0.2) is 5.96 Å². The van der Waals surface area contributed by atoms with Crippen LogP contribution in [0.4, 0.5) is 4.39 Å². The number of nitrogens with zero attached hydrogens (tertiary/aromatic N) is 2. The smallest absolute Gasteiger partial charge is 0.241 e. The van der Waals surface area contributed by atoms with Crippen LogP contribution in [0.25, 0.3) is 0 Å². The molecule has 26 heavy (non-hydrogen) atoms. The Bertz CT molecular complexity index is 762. The van der Waals surface area contributed by atoms with Gasteiger partial charge in [0.1, 0.15) is 5.82 Å². The number of aliphatic imine (C=N–C) groups is 1.